The number of carbonyl (C=O) groups is 1. The molecule has 2 aliphatic rings. The number of aromatic nitrogens is 1. The highest BCUT2D eigenvalue weighted by atomic mass is 16.7. The van der Waals surface area contributed by atoms with Gasteiger partial charge in [0, 0.05) is 36.2 Å². The molecule has 1 atom stereocenters. The third-order valence-corrected chi connectivity index (χ3v) is 5.00. The molecule has 6 nitrogen and oxygen atoms in total. The van der Waals surface area contributed by atoms with Crippen LogP contribution in [0.1, 0.15) is 34.6 Å². The molecule has 0 saturated carbocycles. The van der Waals surface area contributed by atoms with Crippen molar-refractivity contribution in [2.45, 2.75) is 39.3 Å². The molecule has 3 heterocycles. The summed E-state index contributed by atoms with van der Waals surface area (Å²) in [6, 6.07) is 7.25. The molecule has 1 unspecified atom stereocenters. The number of nitrogens with zero attached hydrogens (tertiary/aromatic N) is 1. The van der Waals surface area contributed by atoms with Gasteiger partial charge in [-0.05, 0) is 44.9 Å². The predicted molar refractivity (Wildman–Crippen MR) is 95.3 cm³/mol. The number of carbonyl (C=O) groups excluding carboxylic acids is 1. The van der Waals surface area contributed by atoms with Crippen molar-refractivity contribution in [3.8, 4) is 17.2 Å². The van der Waals surface area contributed by atoms with Crippen molar-refractivity contribution in [2.24, 2.45) is 0 Å². The van der Waals surface area contributed by atoms with Gasteiger partial charge in [-0.25, -0.2) is 0 Å². The van der Waals surface area contributed by atoms with E-state index in [1.807, 2.05) is 19.9 Å². The maximum atomic E-state index is 12.6. The molecule has 138 valence electrons. The normalized spacial score (nSPS) is 18.3. The van der Waals surface area contributed by atoms with E-state index in [9.17, 15) is 4.79 Å². The van der Waals surface area contributed by atoms with Gasteiger partial charge in [0.1, 0.15) is 5.75 Å². The predicted octanol–water partition coefficient (Wildman–Crippen LogP) is 3.27. The average Bonchev–Trinajstić information content (AvgIpc) is 3.36. The Morgan fingerprint density at radius 1 is 1.23 bits per heavy atom. The summed E-state index contributed by atoms with van der Waals surface area (Å²) in [5, 5.41) is 0. The van der Waals surface area contributed by atoms with E-state index >= 15 is 0 Å². The second-order valence-electron chi connectivity index (χ2n) is 6.76. The van der Waals surface area contributed by atoms with E-state index in [2.05, 4.69) is 4.57 Å². The minimum Gasteiger partial charge on any atom is -0.485 e. The van der Waals surface area contributed by atoms with Crippen LogP contribution in [-0.2, 0) is 11.3 Å². The van der Waals surface area contributed by atoms with Crippen molar-refractivity contribution in [3.63, 3.8) is 0 Å². The minimum atomic E-state index is -0.0330. The van der Waals surface area contributed by atoms with Crippen molar-refractivity contribution < 1.29 is 23.7 Å². The molecule has 2 aliphatic heterocycles. The van der Waals surface area contributed by atoms with Gasteiger partial charge >= 0.3 is 0 Å². The Bertz CT molecular complexity index is 820. The van der Waals surface area contributed by atoms with Gasteiger partial charge in [0.2, 0.25) is 12.6 Å². The molecule has 0 amide bonds. The highest BCUT2D eigenvalue weighted by Crippen LogP contribution is 2.35. The van der Waals surface area contributed by atoms with Crippen LogP contribution in [-0.4, -0.2) is 36.5 Å². The fourth-order valence-electron chi connectivity index (χ4n) is 3.55. The molecule has 2 aromatic rings. The molecule has 0 N–H and O–H groups in total. The summed E-state index contributed by atoms with van der Waals surface area (Å²) < 4.78 is 24.2. The summed E-state index contributed by atoms with van der Waals surface area (Å²) >= 11 is 0. The Morgan fingerprint density at radius 2 is 2.08 bits per heavy atom. The fraction of sp³-hybridized carbons (Fsp3) is 0.450. The number of Topliss-reactive ketones (excluding diaryl/α,β-unsaturated/α-hetero) is 1. The summed E-state index contributed by atoms with van der Waals surface area (Å²) in [7, 11) is 0. The number of hydrogen-bond acceptors (Lipinski definition) is 5. The summed E-state index contributed by atoms with van der Waals surface area (Å²) in [6.07, 6.45) is 2.43. The van der Waals surface area contributed by atoms with Gasteiger partial charge in [-0.2, -0.15) is 0 Å². The molecule has 26 heavy (non-hydrogen) atoms. The Labute approximate surface area is 152 Å². The molecule has 4 rings (SSSR count). The molecule has 0 spiro atoms. The van der Waals surface area contributed by atoms with E-state index in [1.165, 1.54) is 0 Å². The maximum Gasteiger partial charge on any atom is 0.231 e. The van der Waals surface area contributed by atoms with Crippen LogP contribution in [0.3, 0.4) is 0 Å². The number of benzene rings is 1. The number of aryl methyl sites for hydroxylation is 1. The standard InChI is InChI=1S/C20H23NO5/c1-13-8-17(14(2)21(13)10-16-4-3-7-23-16)18(22)11-24-15-5-6-19-20(9-15)26-12-25-19/h5-6,8-9,16H,3-4,7,10-12H2,1-2H3. The van der Waals surface area contributed by atoms with E-state index in [4.69, 9.17) is 18.9 Å². The lowest BCUT2D eigenvalue weighted by Gasteiger charge is -2.14. The first-order chi connectivity index (χ1) is 12.6. The first kappa shape index (κ1) is 17.0. The van der Waals surface area contributed by atoms with Crippen molar-refractivity contribution in [1.82, 2.24) is 4.57 Å². The second-order valence-corrected chi connectivity index (χ2v) is 6.76. The first-order valence-corrected chi connectivity index (χ1v) is 8.96. The van der Waals surface area contributed by atoms with Crippen molar-refractivity contribution in [3.05, 3.63) is 41.2 Å². The smallest absolute Gasteiger partial charge is 0.231 e. The quantitative estimate of drug-likeness (QED) is 0.743. The van der Waals surface area contributed by atoms with Gasteiger partial charge in [-0.3, -0.25) is 4.79 Å². The van der Waals surface area contributed by atoms with Crippen LogP contribution in [0.2, 0.25) is 0 Å². The topological polar surface area (TPSA) is 58.9 Å². The Hall–Kier alpha value is -2.47. The number of hydrogen-bond donors (Lipinski definition) is 0. The molecular formula is C20H23NO5. The minimum absolute atomic E-state index is 0.0101. The summed E-state index contributed by atoms with van der Waals surface area (Å²) in [5.74, 6) is 1.90. The molecule has 0 aliphatic carbocycles. The van der Waals surface area contributed by atoms with Gasteiger partial charge < -0.3 is 23.5 Å². The van der Waals surface area contributed by atoms with Crippen LogP contribution in [0.5, 0.6) is 17.2 Å². The maximum absolute atomic E-state index is 12.6. The fourth-order valence-corrected chi connectivity index (χ4v) is 3.55. The molecular weight excluding hydrogens is 334 g/mol. The van der Waals surface area contributed by atoms with Crippen LogP contribution < -0.4 is 14.2 Å². The monoisotopic (exact) mass is 357 g/mol. The lowest BCUT2D eigenvalue weighted by molar-refractivity contribution is 0.0914. The zero-order chi connectivity index (χ0) is 18.1. The lowest BCUT2D eigenvalue weighted by atomic mass is 10.1. The van der Waals surface area contributed by atoms with Gasteiger partial charge in [-0.15, -0.1) is 0 Å². The largest absolute Gasteiger partial charge is 0.485 e. The second kappa shape index (κ2) is 7.03. The van der Waals surface area contributed by atoms with Gasteiger partial charge in [0.15, 0.2) is 18.1 Å². The Balaban J connectivity index is 1.43. The Morgan fingerprint density at radius 3 is 2.88 bits per heavy atom. The van der Waals surface area contributed by atoms with Crippen LogP contribution in [0.4, 0.5) is 0 Å². The van der Waals surface area contributed by atoms with Crippen LogP contribution in [0.15, 0.2) is 24.3 Å². The zero-order valence-corrected chi connectivity index (χ0v) is 15.1. The van der Waals surface area contributed by atoms with Crippen LogP contribution in [0, 0.1) is 13.8 Å². The summed E-state index contributed by atoms with van der Waals surface area (Å²) in [5.41, 5.74) is 2.75. The molecule has 1 saturated heterocycles. The van der Waals surface area contributed by atoms with E-state index in [0.717, 1.165) is 37.4 Å². The number of ketones is 1. The molecule has 6 heteroatoms. The van der Waals surface area contributed by atoms with Crippen molar-refractivity contribution in [2.75, 3.05) is 20.0 Å². The molecule has 1 fully saturated rings. The van der Waals surface area contributed by atoms with E-state index in [-0.39, 0.29) is 25.3 Å². The SMILES string of the molecule is Cc1cc(C(=O)COc2ccc3c(c2)OCO3)c(C)n1CC1CCCO1. The third kappa shape index (κ3) is 3.29. The van der Waals surface area contributed by atoms with Crippen molar-refractivity contribution >= 4 is 5.78 Å². The van der Waals surface area contributed by atoms with E-state index in [1.54, 1.807) is 18.2 Å². The van der Waals surface area contributed by atoms with Crippen LogP contribution in [0.25, 0.3) is 0 Å². The van der Waals surface area contributed by atoms with E-state index < -0.39 is 0 Å². The van der Waals surface area contributed by atoms with Crippen molar-refractivity contribution in [1.29, 1.82) is 0 Å². The highest BCUT2D eigenvalue weighted by molar-refractivity contribution is 5.98. The number of fused-ring (bicyclic) bond motifs is 1. The Kier molecular flexibility index (Phi) is 4.59. The third-order valence-electron chi connectivity index (χ3n) is 5.00. The van der Waals surface area contributed by atoms with Gasteiger partial charge in [0.05, 0.1) is 6.10 Å². The summed E-state index contributed by atoms with van der Waals surface area (Å²) in [6.45, 7) is 5.85. The molecule has 0 bridgehead atoms. The average molecular weight is 357 g/mol. The molecule has 1 aromatic heterocycles. The lowest BCUT2D eigenvalue weighted by Crippen LogP contribution is -2.18. The number of rotatable bonds is 6. The summed E-state index contributed by atoms with van der Waals surface area (Å²) in [4.78, 5) is 12.6. The zero-order valence-electron chi connectivity index (χ0n) is 15.1. The van der Waals surface area contributed by atoms with Gasteiger partial charge in [-0.1, -0.05) is 0 Å². The molecule has 0 radical (unpaired) electrons. The number of ether oxygens (including phenoxy) is 4. The highest BCUT2D eigenvalue weighted by Gasteiger charge is 2.21. The van der Waals surface area contributed by atoms with Crippen LogP contribution >= 0.6 is 0 Å². The van der Waals surface area contributed by atoms with Gasteiger partial charge in [0.25, 0.3) is 0 Å². The van der Waals surface area contributed by atoms with E-state index in [0.29, 0.717) is 22.8 Å². The first-order valence-electron chi connectivity index (χ1n) is 8.96. The molecule has 1 aromatic carbocycles.